The van der Waals surface area contributed by atoms with E-state index in [9.17, 15) is 0 Å². The second kappa shape index (κ2) is 16.1. The minimum absolute atomic E-state index is 0.144. The summed E-state index contributed by atoms with van der Waals surface area (Å²) in [6.45, 7) is 12.6. The smallest absolute Gasteiger partial charge is 0.194 e. The highest BCUT2D eigenvalue weighted by Crippen LogP contribution is 2.24. The van der Waals surface area contributed by atoms with Gasteiger partial charge >= 0.3 is 0 Å². The number of quaternary nitrogens is 1. The van der Waals surface area contributed by atoms with E-state index >= 15 is 0 Å². The number of nitrogens with zero attached hydrogens (tertiary/aromatic N) is 1. The van der Waals surface area contributed by atoms with E-state index in [0.29, 0.717) is 13.2 Å². The van der Waals surface area contributed by atoms with Crippen LogP contribution in [0.3, 0.4) is 0 Å². The highest BCUT2D eigenvalue weighted by atomic mass is 35.5. The maximum absolute atomic E-state index is 6.21. The molecular formula is C27H43ClNO2+. The van der Waals surface area contributed by atoms with Crippen molar-refractivity contribution in [3.63, 3.8) is 0 Å². The quantitative estimate of drug-likeness (QED) is 0.133. The van der Waals surface area contributed by atoms with E-state index in [1.807, 2.05) is 37.3 Å². The van der Waals surface area contributed by atoms with E-state index in [4.69, 9.17) is 21.3 Å². The molecule has 0 aliphatic rings. The largest absolute Gasteiger partial charge is 0.280 e. The topological polar surface area (TPSA) is 18.5 Å². The molecule has 3 nitrogen and oxygen atoms in total. The van der Waals surface area contributed by atoms with Crippen molar-refractivity contribution >= 4 is 11.6 Å². The Labute approximate surface area is 195 Å². The maximum atomic E-state index is 6.21. The fraction of sp³-hybridized carbons (Fsp3) is 0.556. The van der Waals surface area contributed by atoms with Crippen LogP contribution in [0.5, 0.6) is 5.75 Å². The Hall–Kier alpha value is -1.55. The molecule has 1 atom stereocenters. The number of benzene rings is 2. The number of hydrogen-bond acceptors (Lipinski definition) is 2. The highest BCUT2D eigenvalue weighted by Gasteiger charge is 2.32. The Balaban J connectivity index is 0.000000452. The third-order valence-corrected chi connectivity index (χ3v) is 5.74. The number of halogens is 1. The lowest BCUT2D eigenvalue weighted by Crippen LogP contribution is -2.50. The van der Waals surface area contributed by atoms with E-state index in [1.54, 1.807) is 0 Å². The molecule has 2 rings (SSSR count). The Morgan fingerprint density at radius 1 is 0.806 bits per heavy atom. The normalized spacial score (nSPS) is 12.6. The molecule has 0 fully saturated rings. The summed E-state index contributed by atoms with van der Waals surface area (Å²) >= 11 is 5.51. The van der Waals surface area contributed by atoms with Crippen molar-refractivity contribution < 1.29 is 14.5 Å². The number of hydroxylamine groups is 4. The van der Waals surface area contributed by atoms with Gasteiger partial charge < -0.3 is 0 Å². The number of hydrogen-bond donors (Lipinski definition) is 0. The molecule has 0 bridgehead atoms. The molecule has 0 aliphatic carbocycles. The van der Waals surface area contributed by atoms with Gasteiger partial charge in [0, 0.05) is 16.3 Å². The van der Waals surface area contributed by atoms with E-state index in [2.05, 4.69) is 45.9 Å². The lowest BCUT2D eigenvalue weighted by molar-refractivity contribution is -1.23. The molecule has 0 amide bonds. The third kappa shape index (κ3) is 10.5. The number of aryl methyl sites for hydroxylation is 1. The maximum Gasteiger partial charge on any atom is 0.194 e. The van der Waals surface area contributed by atoms with Crippen LogP contribution in [0, 0.1) is 13.8 Å². The van der Waals surface area contributed by atoms with E-state index in [0.717, 1.165) is 18.2 Å². The van der Waals surface area contributed by atoms with Gasteiger partial charge in [0.15, 0.2) is 12.3 Å². The van der Waals surface area contributed by atoms with Gasteiger partial charge in [-0.3, -0.25) is 4.84 Å². The molecule has 2 aromatic rings. The molecular weight excluding hydrogens is 406 g/mol. The SMILES string of the molecule is CCCCCCCCCl.CCO[N+](CC)(Cc1cccc(C)c1C)Oc1ccccc1. The standard InChI is InChI=1S/C19H26NO2.C8H17Cl/c1-5-20(21-6-2,22-19-13-8-7-9-14-19)15-18-12-10-11-16(3)17(18)4;1-2-3-4-5-6-7-8-9/h7-14H,5-6,15H2,1-4H3;2-8H2,1H3/q+1;. The van der Waals surface area contributed by atoms with Crippen molar-refractivity contribution in [3.8, 4) is 5.75 Å². The predicted octanol–water partition coefficient (Wildman–Crippen LogP) is 8.17. The van der Waals surface area contributed by atoms with Crippen LogP contribution in [-0.4, -0.2) is 23.8 Å². The molecule has 2 aromatic carbocycles. The number of para-hydroxylation sites is 1. The third-order valence-electron chi connectivity index (χ3n) is 5.48. The summed E-state index contributed by atoms with van der Waals surface area (Å²) in [5.41, 5.74) is 3.85. The van der Waals surface area contributed by atoms with Gasteiger partial charge in [0.2, 0.25) is 0 Å². The van der Waals surface area contributed by atoms with Crippen LogP contribution < -0.4 is 4.84 Å². The molecule has 0 spiro atoms. The van der Waals surface area contributed by atoms with Crippen LogP contribution in [0.4, 0.5) is 0 Å². The van der Waals surface area contributed by atoms with Gasteiger partial charge in [-0.1, -0.05) is 75.4 Å². The van der Waals surface area contributed by atoms with Gasteiger partial charge in [0.25, 0.3) is 0 Å². The Morgan fingerprint density at radius 2 is 1.48 bits per heavy atom. The van der Waals surface area contributed by atoms with Gasteiger partial charge in [-0.2, -0.15) is 4.84 Å². The first-order chi connectivity index (χ1) is 15.0. The Morgan fingerprint density at radius 3 is 2.10 bits per heavy atom. The van der Waals surface area contributed by atoms with E-state index in [1.165, 1.54) is 55.2 Å². The molecule has 0 N–H and O–H groups in total. The average molecular weight is 449 g/mol. The highest BCUT2D eigenvalue weighted by molar-refractivity contribution is 6.17. The lowest BCUT2D eigenvalue weighted by Gasteiger charge is -2.32. The molecule has 0 radical (unpaired) electrons. The van der Waals surface area contributed by atoms with Gasteiger partial charge in [0.1, 0.15) is 13.2 Å². The van der Waals surface area contributed by atoms with Crippen LogP contribution in [0.25, 0.3) is 0 Å². The first-order valence-electron chi connectivity index (χ1n) is 11.9. The van der Waals surface area contributed by atoms with E-state index in [-0.39, 0.29) is 4.81 Å². The molecule has 0 aliphatic heterocycles. The summed E-state index contributed by atoms with van der Waals surface area (Å²) in [5.74, 6) is 1.66. The van der Waals surface area contributed by atoms with Gasteiger partial charge in [-0.05, 0) is 57.4 Å². The fourth-order valence-electron chi connectivity index (χ4n) is 3.40. The number of unbranched alkanes of at least 4 members (excludes halogenated alkanes) is 5. The average Bonchev–Trinajstić information content (AvgIpc) is 2.78. The van der Waals surface area contributed by atoms with Crippen molar-refractivity contribution in [3.05, 3.63) is 65.2 Å². The zero-order chi connectivity index (χ0) is 23.0. The monoisotopic (exact) mass is 448 g/mol. The van der Waals surface area contributed by atoms with Crippen LogP contribution in [0.15, 0.2) is 48.5 Å². The molecule has 4 heteroatoms. The minimum Gasteiger partial charge on any atom is -0.280 e. The second-order valence-corrected chi connectivity index (χ2v) is 8.30. The van der Waals surface area contributed by atoms with Crippen molar-refractivity contribution in [1.29, 1.82) is 0 Å². The van der Waals surface area contributed by atoms with Crippen LogP contribution in [-0.2, 0) is 11.4 Å². The number of rotatable bonds is 13. The summed E-state index contributed by atoms with van der Waals surface area (Å²) in [5, 5.41) is 0. The second-order valence-electron chi connectivity index (χ2n) is 7.93. The minimum atomic E-state index is 0.144. The van der Waals surface area contributed by atoms with Crippen LogP contribution >= 0.6 is 11.6 Å². The van der Waals surface area contributed by atoms with Crippen molar-refractivity contribution in [2.24, 2.45) is 0 Å². The number of alkyl halides is 1. The fourth-order valence-corrected chi connectivity index (χ4v) is 3.59. The summed E-state index contributed by atoms with van der Waals surface area (Å²) in [6.07, 6.45) is 8.02. The van der Waals surface area contributed by atoms with Gasteiger partial charge in [-0.25, -0.2) is 0 Å². The first kappa shape index (κ1) is 27.5. The van der Waals surface area contributed by atoms with Gasteiger partial charge in [-0.15, -0.1) is 11.6 Å². The molecule has 0 heterocycles. The Bertz CT molecular complexity index is 702. The molecule has 1 unspecified atom stereocenters. The zero-order valence-corrected chi connectivity index (χ0v) is 21.1. The van der Waals surface area contributed by atoms with Gasteiger partial charge in [0.05, 0.1) is 0 Å². The zero-order valence-electron chi connectivity index (χ0n) is 20.3. The molecule has 0 saturated heterocycles. The first-order valence-corrected chi connectivity index (χ1v) is 12.4. The molecule has 0 saturated carbocycles. The van der Waals surface area contributed by atoms with Crippen LogP contribution in [0.1, 0.15) is 76.0 Å². The lowest BCUT2D eigenvalue weighted by atomic mass is 10.0. The van der Waals surface area contributed by atoms with Crippen molar-refractivity contribution in [1.82, 2.24) is 0 Å². The van der Waals surface area contributed by atoms with E-state index < -0.39 is 0 Å². The summed E-state index contributed by atoms with van der Waals surface area (Å²) in [7, 11) is 0. The molecule has 0 aromatic heterocycles. The molecule has 174 valence electrons. The molecule has 31 heavy (non-hydrogen) atoms. The van der Waals surface area contributed by atoms with Crippen molar-refractivity contribution in [2.45, 2.75) is 79.7 Å². The van der Waals surface area contributed by atoms with Crippen LogP contribution in [0.2, 0.25) is 0 Å². The van der Waals surface area contributed by atoms with Crippen molar-refractivity contribution in [2.75, 3.05) is 19.0 Å². The summed E-state index contributed by atoms with van der Waals surface area (Å²) < 4.78 is 0. The Kier molecular flexibility index (Phi) is 14.3. The predicted molar refractivity (Wildman–Crippen MR) is 133 cm³/mol. The summed E-state index contributed by atoms with van der Waals surface area (Å²) in [6, 6.07) is 16.2. The summed E-state index contributed by atoms with van der Waals surface area (Å²) in [4.78, 5) is 12.3.